The van der Waals surface area contributed by atoms with Crippen LogP contribution in [0.15, 0.2) is 23.3 Å². The lowest BCUT2D eigenvalue weighted by atomic mass is 9.95. The van der Waals surface area contributed by atoms with E-state index in [1.54, 1.807) is 19.9 Å². The number of aliphatic hydroxyl groups excluding tert-OH is 1. The van der Waals surface area contributed by atoms with Crippen molar-refractivity contribution in [3.05, 3.63) is 23.3 Å². The van der Waals surface area contributed by atoms with Crippen molar-refractivity contribution in [2.24, 2.45) is 5.92 Å². The predicted molar refractivity (Wildman–Crippen MR) is 82.4 cm³/mol. The molecule has 0 aliphatic carbocycles. The number of nitrogens with zero attached hydrogens (tertiary/aromatic N) is 1. The number of allylic oxidation sites excluding steroid dienone is 1. The first-order valence-corrected chi connectivity index (χ1v) is 8.15. The van der Waals surface area contributed by atoms with Gasteiger partial charge in [0.1, 0.15) is 12.7 Å². The van der Waals surface area contributed by atoms with Crippen molar-refractivity contribution in [3.8, 4) is 0 Å². The fraction of sp³-hybridized carbons (Fsp3) is 0.647. The van der Waals surface area contributed by atoms with Crippen LogP contribution in [0.5, 0.6) is 0 Å². The Hall–Kier alpha value is -1.66. The molecular formula is C17H23NO5. The molecule has 0 aromatic rings. The van der Waals surface area contributed by atoms with E-state index in [1.165, 1.54) is 0 Å². The average molecular weight is 321 g/mol. The number of ether oxygens (including phenoxy) is 2. The summed E-state index contributed by atoms with van der Waals surface area (Å²) in [6, 6.07) is -0.0150. The summed E-state index contributed by atoms with van der Waals surface area (Å²) in [4.78, 5) is 26.7. The van der Waals surface area contributed by atoms with Gasteiger partial charge >= 0.3 is 11.9 Å². The summed E-state index contributed by atoms with van der Waals surface area (Å²) in [5.74, 6) is -1.39. The fourth-order valence-corrected chi connectivity index (χ4v) is 3.59. The van der Waals surface area contributed by atoms with Crippen LogP contribution in [0, 0.1) is 5.92 Å². The van der Waals surface area contributed by atoms with Gasteiger partial charge in [0.05, 0.1) is 6.04 Å². The molecule has 3 rings (SSSR count). The summed E-state index contributed by atoms with van der Waals surface area (Å²) in [6.45, 7) is 5.28. The van der Waals surface area contributed by atoms with Crippen LogP contribution in [0.25, 0.3) is 0 Å². The Bertz CT molecular complexity index is 567. The Morgan fingerprint density at radius 2 is 2.17 bits per heavy atom. The fourth-order valence-electron chi connectivity index (χ4n) is 3.59. The zero-order valence-electron chi connectivity index (χ0n) is 13.5. The third-order valence-corrected chi connectivity index (χ3v) is 4.99. The van der Waals surface area contributed by atoms with E-state index in [0.717, 1.165) is 25.1 Å². The number of esters is 2. The highest BCUT2D eigenvalue weighted by Gasteiger charge is 2.42. The van der Waals surface area contributed by atoms with Crippen LogP contribution in [-0.4, -0.2) is 59.9 Å². The van der Waals surface area contributed by atoms with Gasteiger partial charge < -0.3 is 14.6 Å². The molecule has 0 aromatic heterocycles. The Labute approximate surface area is 135 Å². The maximum absolute atomic E-state index is 12.4. The van der Waals surface area contributed by atoms with Crippen LogP contribution < -0.4 is 0 Å². The quantitative estimate of drug-likeness (QED) is 0.404. The molecule has 6 heteroatoms. The van der Waals surface area contributed by atoms with Gasteiger partial charge in [0.2, 0.25) is 0 Å². The summed E-state index contributed by atoms with van der Waals surface area (Å²) in [7, 11) is 0. The second kappa shape index (κ2) is 6.45. The van der Waals surface area contributed by atoms with Crippen molar-refractivity contribution in [2.45, 2.75) is 44.9 Å². The largest absolute Gasteiger partial charge is 0.459 e. The van der Waals surface area contributed by atoms with Crippen molar-refractivity contribution in [1.29, 1.82) is 0 Å². The van der Waals surface area contributed by atoms with Gasteiger partial charge in [-0.1, -0.05) is 19.1 Å². The summed E-state index contributed by atoms with van der Waals surface area (Å²) >= 11 is 0. The SMILES string of the molecule is C/C=C1/CC(C)C(O)C(=O)OCC2=CCN3CC[C@@H](OC1=O)C23. The van der Waals surface area contributed by atoms with Gasteiger partial charge in [-0.05, 0) is 31.3 Å². The number of carbonyl (C=O) groups is 2. The molecule has 3 heterocycles. The van der Waals surface area contributed by atoms with Gasteiger partial charge in [-0.25, -0.2) is 9.59 Å². The topological polar surface area (TPSA) is 76.1 Å². The first-order valence-electron chi connectivity index (χ1n) is 8.15. The molecule has 0 radical (unpaired) electrons. The summed E-state index contributed by atoms with van der Waals surface area (Å²) in [6.07, 6.45) is 3.35. The molecule has 0 spiro atoms. The highest BCUT2D eigenvalue weighted by atomic mass is 16.6. The molecule has 126 valence electrons. The molecule has 23 heavy (non-hydrogen) atoms. The molecule has 0 bridgehead atoms. The minimum atomic E-state index is -1.24. The first-order chi connectivity index (χ1) is 11.0. The van der Waals surface area contributed by atoms with Crippen molar-refractivity contribution in [1.82, 2.24) is 4.90 Å². The van der Waals surface area contributed by atoms with Crippen LogP contribution in [-0.2, 0) is 19.1 Å². The van der Waals surface area contributed by atoms with Crippen molar-refractivity contribution < 1.29 is 24.2 Å². The highest BCUT2D eigenvalue weighted by molar-refractivity contribution is 5.88. The molecule has 2 fully saturated rings. The van der Waals surface area contributed by atoms with E-state index < -0.39 is 18.0 Å². The number of rotatable bonds is 0. The van der Waals surface area contributed by atoms with Gasteiger partial charge in [-0.2, -0.15) is 0 Å². The minimum Gasteiger partial charge on any atom is -0.459 e. The predicted octanol–water partition coefficient (Wildman–Crippen LogP) is 0.803. The zero-order chi connectivity index (χ0) is 16.6. The third-order valence-electron chi connectivity index (χ3n) is 4.99. The van der Waals surface area contributed by atoms with E-state index in [9.17, 15) is 14.7 Å². The maximum atomic E-state index is 12.4. The normalized spacial score (nSPS) is 37.5. The van der Waals surface area contributed by atoms with Gasteiger partial charge in [0.15, 0.2) is 6.10 Å². The standard InChI is InChI=1S/C17H23NO5/c1-3-11-8-10(2)15(19)17(21)22-9-12-4-6-18-7-5-13(14(12)18)23-16(11)20/h3-4,10,13-15,19H,5-9H2,1-2H3/b11-3-/t10?,13-,14?,15?/m1/s1. The van der Waals surface area contributed by atoms with Crippen LogP contribution in [0.3, 0.4) is 0 Å². The molecule has 0 saturated carbocycles. The van der Waals surface area contributed by atoms with E-state index in [0.29, 0.717) is 5.57 Å². The van der Waals surface area contributed by atoms with Crippen LogP contribution in [0.4, 0.5) is 0 Å². The van der Waals surface area contributed by atoms with Crippen LogP contribution >= 0.6 is 0 Å². The number of carbonyl (C=O) groups excluding carboxylic acids is 2. The Morgan fingerprint density at radius 1 is 1.39 bits per heavy atom. The Morgan fingerprint density at radius 3 is 2.91 bits per heavy atom. The van der Waals surface area contributed by atoms with E-state index in [1.807, 2.05) is 6.08 Å². The Kier molecular flexibility index (Phi) is 4.55. The summed E-state index contributed by atoms with van der Waals surface area (Å²) in [5, 5.41) is 10.1. The molecule has 0 aromatic carbocycles. The lowest BCUT2D eigenvalue weighted by molar-refractivity contribution is -0.156. The van der Waals surface area contributed by atoms with E-state index in [4.69, 9.17) is 9.47 Å². The lowest BCUT2D eigenvalue weighted by Crippen LogP contribution is -2.38. The molecule has 3 aliphatic rings. The number of aliphatic hydroxyl groups is 1. The average Bonchev–Trinajstić information content (AvgIpc) is 3.11. The second-order valence-corrected chi connectivity index (χ2v) is 6.50. The van der Waals surface area contributed by atoms with Gasteiger partial charge in [-0.15, -0.1) is 0 Å². The zero-order valence-corrected chi connectivity index (χ0v) is 13.5. The molecule has 4 atom stereocenters. The molecular weight excluding hydrogens is 298 g/mol. The maximum Gasteiger partial charge on any atom is 0.335 e. The van der Waals surface area contributed by atoms with Crippen LogP contribution in [0.1, 0.15) is 26.7 Å². The molecule has 0 amide bonds. The number of hydrogen-bond acceptors (Lipinski definition) is 6. The Balaban J connectivity index is 1.87. The molecule has 3 aliphatic heterocycles. The smallest absolute Gasteiger partial charge is 0.335 e. The highest BCUT2D eigenvalue weighted by Crippen LogP contribution is 2.32. The van der Waals surface area contributed by atoms with Gasteiger partial charge in [-0.3, -0.25) is 4.90 Å². The van der Waals surface area contributed by atoms with Gasteiger partial charge in [0.25, 0.3) is 0 Å². The number of hydrogen-bond donors (Lipinski definition) is 1. The monoisotopic (exact) mass is 321 g/mol. The second-order valence-electron chi connectivity index (χ2n) is 6.50. The van der Waals surface area contributed by atoms with Gasteiger partial charge in [0, 0.05) is 18.7 Å². The first kappa shape index (κ1) is 16.2. The number of cyclic esters (lactones) is 1. The summed E-state index contributed by atoms with van der Waals surface area (Å²) in [5.41, 5.74) is 1.45. The van der Waals surface area contributed by atoms with Crippen LogP contribution in [0.2, 0.25) is 0 Å². The van der Waals surface area contributed by atoms with Crippen molar-refractivity contribution in [2.75, 3.05) is 19.7 Å². The third kappa shape index (κ3) is 3.05. The molecule has 1 N–H and O–H groups in total. The molecule has 6 nitrogen and oxygen atoms in total. The molecule has 2 saturated heterocycles. The van der Waals surface area contributed by atoms with E-state index >= 15 is 0 Å². The van der Waals surface area contributed by atoms with Crippen molar-refractivity contribution in [3.63, 3.8) is 0 Å². The van der Waals surface area contributed by atoms with E-state index in [2.05, 4.69) is 4.90 Å². The van der Waals surface area contributed by atoms with E-state index in [-0.39, 0.29) is 31.1 Å². The summed E-state index contributed by atoms with van der Waals surface area (Å²) < 4.78 is 11.0. The molecule has 3 unspecified atom stereocenters. The van der Waals surface area contributed by atoms with Crippen molar-refractivity contribution >= 4 is 11.9 Å². The lowest BCUT2D eigenvalue weighted by Gasteiger charge is -2.26. The minimum absolute atomic E-state index is 0.0150.